The molecule has 1 aromatic rings. The second-order valence-electron chi connectivity index (χ2n) is 4.36. The minimum atomic E-state index is -1.45. The topological polar surface area (TPSA) is 95.9 Å². The van der Waals surface area contributed by atoms with Crippen LogP contribution in [0.1, 0.15) is 18.4 Å². The number of aryl methyl sites for hydroxylation is 1. The normalized spacial score (nSPS) is 11.7. The average Bonchev–Trinajstić information content (AvgIpc) is 2.40. The molecule has 0 heterocycles. The Morgan fingerprint density at radius 2 is 2.05 bits per heavy atom. The molecule has 0 saturated carbocycles. The van der Waals surface area contributed by atoms with Crippen molar-refractivity contribution in [2.45, 2.75) is 25.9 Å². The molecule has 1 atom stereocenters. The molecule has 0 aliphatic heterocycles. The van der Waals surface area contributed by atoms with Gasteiger partial charge in [0.1, 0.15) is 5.75 Å². The van der Waals surface area contributed by atoms with Crippen molar-refractivity contribution in [2.24, 2.45) is 0 Å². The molecule has 6 heteroatoms. The largest absolute Gasteiger partial charge is 0.493 e. The maximum absolute atomic E-state index is 11.4. The van der Waals surface area contributed by atoms with E-state index in [1.54, 1.807) is 0 Å². The molecule has 110 valence electrons. The monoisotopic (exact) mass is 281 g/mol. The van der Waals surface area contributed by atoms with Gasteiger partial charge >= 0.3 is 5.97 Å². The number of aliphatic carboxylic acids is 1. The molecule has 1 amide bonds. The highest BCUT2D eigenvalue weighted by Crippen LogP contribution is 2.15. The van der Waals surface area contributed by atoms with Gasteiger partial charge in [-0.2, -0.15) is 0 Å². The van der Waals surface area contributed by atoms with Crippen LogP contribution < -0.4 is 10.1 Å². The van der Waals surface area contributed by atoms with Gasteiger partial charge in [0.2, 0.25) is 5.91 Å². The molecule has 0 spiro atoms. The summed E-state index contributed by atoms with van der Waals surface area (Å²) < 4.78 is 5.47. The summed E-state index contributed by atoms with van der Waals surface area (Å²) in [6.07, 6.45) is -1.28. The van der Waals surface area contributed by atoms with Gasteiger partial charge in [-0.3, -0.25) is 4.79 Å². The summed E-state index contributed by atoms with van der Waals surface area (Å²) in [6, 6.07) is 7.51. The minimum absolute atomic E-state index is 0.0142. The summed E-state index contributed by atoms with van der Waals surface area (Å²) in [5.41, 5.74) is 0.998. The zero-order chi connectivity index (χ0) is 15.0. The average molecular weight is 281 g/mol. The summed E-state index contributed by atoms with van der Waals surface area (Å²) in [6.45, 7) is 2.29. The third kappa shape index (κ3) is 5.71. The third-order valence-electron chi connectivity index (χ3n) is 2.71. The van der Waals surface area contributed by atoms with Crippen LogP contribution in [0.25, 0.3) is 0 Å². The van der Waals surface area contributed by atoms with E-state index in [1.807, 2.05) is 31.2 Å². The molecule has 20 heavy (non-hydrogen) atoms. The molecular formula is C14H19NO5. The molecule has 1 unspecified atom stereocenters. The van der Waals surface area contributed by atoms with Crippen LogP contribution in [0.4, 0.5) is 0 Å². The summed E-state index contributed by atoms with van der Waals surface area (Å²) in [4.78, 5) is 21.8. The number of carbonyl (C=O) groups is 2. The van der Waals surface area contributed by atoms with E-state index < -0.39 is 12.1 Å². The van der Waals surface area contributed by atoms with Crippen LogP contribution in [0.2, 0.25) is 0 Å². The molecule has 3 N–H and O–H groups in total. The van der Waals surface area contributed by atoms with Crippen molar-refractivity contribution in [3.63, 3.8) is 0 Å². The molecule has 0 bridgehead atoms. The van der Waals surface area contributed by atoms with Gasteiger partial charge in [0.05, 0.1) is 13.0 Å². The maximum Gasteiger partial charge on any atom is 0.332 e. The van der Waals surface area contributed by atoms with Gasteiger partial charge in [0.25, 0.3) is 0 Å². The summed E-state index contributed by atoms with van der Waals surface area (Å²) in [5, 5.41) is 20.0. The Labute approximate surface area is 117 Å². The Morgan fingerprint density at radius 1 is 1.35 bits per heavy atom. The van der Waals surface area contributed by atoms with Crippen molar-refractivity contribution < 1.29 is 24.5 Å². The summed E-state index contributed by atoms with van der Waals surface area (Å²) in [5.74, 6) is -0.792. The molecule has 0 aliphatic rings. The number of carboxylic acid groups (broad SMARTS) is 1. The first-order valence-corrected chi connectivity index (χ1v) is 6.36. The first-order valence-electron chi connectivity index (χ1n) is 6.36. The first kappa shape index (κ1) is 16.0. The second-order valence-corrected chi connectivity index (χ2v) is 4.36. The number of aliphatic hydroxyl groups is 1. The fraction of sp³-hybridized carbons (Fsp3) is 0.429. The van der Waals surface area contributed by atoms with Crippen LogP contribution in [0.15, 0.2) is 24.3 Å². The lowest BCUT2D eigenvalue weighted by Crippen LogP contribution is -2.30. The molecule has 0 fully saturated rings. The SMILES string of the molecule is Cc1ccccc1OCCC(=O)NCCC(O)C(=O)O. The molecular weight excluding hydrogens is 262 g/mol. The molecule has 0 radical (unpaired) electrons. The number of amides is 1. The van der Waals surface area contributed by atoms with E-state index in [0.717, 1.165) is 11.3 Å². The Morgan fingerprint density at radius 3 is 2.70 bits per heavy atom. The van der Waals surface area contributed by atoms with Crippen LogP contribution in [0.3, 0.4) is 0 Å². The maximum atomic E-state index is 11.4. The predicted octanol–water partition coefficient (Wildman–Crippen LogP) is 0.716. The first-order chi connectivity index (χ1) is 9.50. The molecule has 0 saturated heterocycles. The summed E-state index contributed by atoms with van der Waals surface area (Å²) in [7, 11) is 0. The Kier molecular flexibility index (Phi) is 6.52. The Bertz CT molecular complexity index is 461. The van der Waals surface area contributed by atoms with E-state index in [0.29, 0.717) is 0 Å². The lowest BCUT2D eigenvalue weighted by atomic mass is 10.2. The van der Waals surface area contributed by atoms with Crippen LogP contribution in [0, 0.1) is 6.92 Å². The van der Waals surface area contributed by atoms with Crippen molar-refractivity contribution in [1.82, 2.24) is 5.32 Å². The highest BCUT2D eigenvalue weighted by atomic mass is 16.5. The fourth-order valence-corrected chi connectivity index (χ4v) is 1.53. The number of para-hydroxylation sites is 1. The van der Waals surface area contributed by atoms with E-state index in [4.69, 9.17) is 14.9 Å². The molecule has 1 aromatic carbocycles. The fourth-order valence-electron chi connectivity index (χ4n) is 1.53. The van der Waals surface area contributed by atoms with E-state index in [1.165, 1.54) is 0 Å². The van der Waals surface area contributed by atoms with Crippen molar-refractivity contribution in [3.8, 4) is 5.75 Å². The van der Waals surface area contributed by atoms with Crippen LogP contribution >= 0.6 is 0 Å². The quantitative estimate of drug-likeness (QED) is 0.652. The standard InChI is InChI=1S/C14H19NO5/c1-10-4-2-3-5-12(10)20-9-7-13(17)15-8-6-11(16)14(18)19/h2-5,11,16H,6-9H2,1H3,(H,15,17)(H,18,19). The second kappa shape index (κ2) is 8.16. The summed E-state index contributed by atoms with van der Waals surface area (Å²) >= 11 is 0. The lowest BCUT2D eigenvalue weighted by molar-refractivity contribution is -0.147. The number of rotatable bonds is 8. The molecule has 0 aromatic heterocycles. The van der Waals surface area contributed by atoms with Gasteiger partial charge in [-0.25, -0.2) is 4.79 Å². The molecule has 0 aliphatic carbocycles. The number of hydrogen-bond donors (Lipinski definition) is 3. The number of hydrogen-bond acceptors (Lipinski definition) is 4. The number of aliphatic hydroxyl groups excluding tert-OH is 1. The number of ether oxygens (including phenoxy) is 1. The van der Waals surface area contributed by atoms with Crippen molar-refractivity contribution in [3.05, 3.63) is 29.8 Å². The van der Waals surface area contributed by atoms with Gasteiger partial charge in [-0.05, 0) is 18.6 Å². The number of nitrogens with one attached hydrogen (secondary N) is 1. The van der Waals surface area contributed by atoms with E-state index in [-0.39, 0.29) is 31.9 Å². The minimum Gasteiger partial charge on any atom is -0.493 e. The van der Waals surface area contributed by atoms with Gasteiger partial charge in [0, 0.05) is 13.0 Å². The van der Waals surface area contributed by atoms with Crippen LogP contribution in [-0.2, 0) is 9.59 Å². The Hall–Kier alpha value is -2.08. The van der Waals surface area contributed by atoms with Crippen LogP contribution in [0.5, 0.6) is 5.75 Å². The van der Waals surface area contributed by atoms with Crippen molar-refractivity contribution in [1.29, 1.82) is 0 Å². The zero-order valence-corrected chi connectivity index (χ0v) is 11.3. The predicted molar refractivity (Wildman–Crippen MR) is 72.6 cm³/mol. The highest BCUT2D eigenvalue weighted by Gasteiger charge is 2.12. The van der Waals surface area contributed by atoms with Gasteiger partial charge in [-0.1, -0.05) is 18.2 Å². The van der Waals surface area contributed by atoms with E-state index in [2.05, 4.69) is 5.32 Å². The third-order valence-corrected chi connectivity index (χ3v) is 2.71. The van der Waals surface area contributed by atoms with Gasteiger partial charge in [-0.15, -0.1) is 0 Å². The zero-order valence-electron chi connectivity index (χ0n) is 11.3. The number of carboxylic acids is 1. The van der Waals surface area contributed by atoms with Crippen LogP contribution in [-0.4, -0.2) is 41.3 Å². The van der Waals surface area contributed by atoms with Gasteiger partial charge < -0.3 is 20.3 Å². The van der Waals surface area contributed by atoms with E-state index in [9.17, 15) is 9.59 Å². The van der Waals surface area contributed by atoms with Gasteiger partial charge in [0.15, 0.2) is 6.10 Å². The molecule has 6 nitrogen and oxygen atoms in total. The lowest BCUT2D eigenvalue weighted by Gasteiger charge is -2.09. The van der Waals surface area contributed by atoms with Crippen molar-refractivity contribution in [2.75, 3.05) is 13.2 Å². The number of carbonyl (C=O) groups excluding carboxylic acids is 1. The number of benzene rings is 1. The van der Waals surface area contributed by atoms with E-state index >= 15 is 0 Å². The smallest absolute Gasteiger partial charge is 0.332 e. The Balaban J connectivity index is 2.18. The van der Waals surface area contributed by atoms with Crippen molar-refractivity contribution >= 4 is 11.9 Å². The molecule has 1 rings (SSSR count). The highest BCUT2D eigenvalue weighted by molar-refractivity contribution is 5.76.